The Kier molecular flexibility index (Phi) is 7.10. The minimum absolute atomic E-state index is 0.277. The smallest absolute Gasteiger partial charge is 0.408 e. The van der Waals surface area contributed by atoms with Crippen LogP contribution in [0.5, 0.6) is 0 Å². The van der Waals surface area contributed by atoms with E-state index in [0.717, 1.165) is 11.1 Å². The Hall–Kier alpha value is -2.87. The molecule has 2 aromatic carbocycles. The maximum Gasteiger partial charge on any atom is 0.408 e. The molecule has 0 saturated carbocycles. The number of benzene rings is 2. The van der Waals surface area contributed by atoms with Crippen LogP contribution in [0.4, 0.5) is 9.18 Å². The SMILES string of the molecule is CC(C)(C)OC(=O)N[C@H](Cc1ccccc1)c1nnc(SCc2ccc(F)cc2)o1. The maximum absolute atomic E-state index is 13.0. The monoisotopic (exact) mass is 429 g/mol. The predicted molar refractivity (Wildman–Crippen MR) is 113 cm³/mol. The average molecular weight is 430 g/mol. The summed E-state index contributed by atoms with van der Waals surface area (Å²) in [4.78, 5) is 12.3. The van der Waals surface area contributed by atoms with Crippen molar-refractivity contribution in [2.75, 3.05) is 0 Å². The number of rotatable bonds is 7. The molecule has 1 N–H and O–H groups in total. The second-order valence-corrected chi connectivity index (χ2v) is 8.64. The zero-order valence-corrected chi connectivity index (χ0v) is 17.9. The highest BCUT2D eigenvalue weighted by Gasteiger charge is 2.25. The highest BCUT2D eigenvalue weighted by Crippen LogP contribution is 2.25. The van der Waals surface area contributed by atoms with Crippen molar-refractivity contribution in [1.29, 1.82) is 0 Å². The Morgan fingerprint density at radius 2 is 1.80 bits per heavy atom. The summed E-state index contributed by atoms with van der Waals surface area (Å²) >= 11 is 1.35. The summed E-state index contributed by atoms with van der Waals surface area (Å²) in [6, 6.07) is 15.4. The van der Waals surface area contributed by atoms with Crippen LogP contribution in [0.15, 0.2) is 64.2 Å². The van der Waals surface area contributed by atoms with Crippen molar-refractivity contribution in [3.8, 4) is 0 Å². The normalized spacial score (nSPS) is 12.4. The number of aromatic nitrogens is 2. The largest absolute Gasteiger partial charge is 0.444 e. The van der Waals surface area contributed by atoms with Crippen molar-refractivity contribution < 1.29 is 18.3 Å². The molecule has 0 unspecified atom stereocenters. The molecule has 0 fully saturated rings. The number of nitrogens with one attached hydrogen (secondary N) is 1. The lowest BCUT2D eigenvalue weighted by Crippen LogP contribution is -2.36. The van der Waals surface area contributed by atoms with Crippen LogP contribution < -0.4 is 5.32 Å². The first-order valence-corrected chi connectivity index (χ1v) is 10.5. The first kappa shape index (κ1) is 21.8. The molecule has 8 heteroatoms. The zero-order valence-electron chi connectivity index (χ0n) is 17.1. The number of halogens is 1. The van der Waals surface area contributed by atoms with Gasteiger partial charge in [-0.3, -0.25) is 0 Å². The third kappa shape index (κ3) is 6.88. The Labute approximate surface area is 179 Å². The number of thioether (sulfide) groups is 1. The molecule has 6 nitrogen and oxygen atoms in total. The molecular weight excluding hydrogens is 405 g/mol. The highest BCUT2D eigenvalue weighted by atomic mass is 32.2. The molecule has 0 aliphatic carbocycles. The van der Waals surface area contributed by atoms with E-state index < -0.39 is 17.7 Å². The van der Waals surface area contributed by atoms with Crippen molar-refractivity contribution in [3.05, 3.63) is 77.4 Å². The lowest BCUT2D eigenvalue weighted by molar-refractivity contribution is 0.0494. The number of ether oxygens (including phenoxy) is 1. The Morgan fingerprint density at radius 1 is 1.10 bits per heavy atom. The van der Waals surface area contributed by atoms with Gasteiger partial charge in [0.05, 0.1) is 0 Å². The van der Waals surface area contributed by atoms with E-state index in [2.05, 4.69) is 15.5 Å². The van der Waals surface area contributed by atoms with E-state index in [9.17, 15) is 9.18 Å². The molecule has 1 heterocycles. The Balaban J connectivity index is 1.70. The van der Waals surface area contributed by atoms with Gasteiger partial charge in [0, 0.05) is 12.2 Å². The number of hydrogen-bond donors (Lipinski definition) is 1. The van der Waals surface area contributed by atoms with E-state index in [-0.39, 0.29) is 5.82 Å². The second-order valence-electron chi connectivity index (χ2n) is 7.71. The van der Waals surface area contributed by atoms with E-state index in [1.54, 1.807) is 32.9 Å². The van der Waals surface area contributed by atoms with Gasteiger partial charge < -0.3 is 14.5 Å². The summed E-state index contributed by atoms with van der Waals surface area (Å²) in [6.07, 6.45) is -0.0770. The van der Waals surface area contributed by atoms with Crippen LogP contribution in [0.25, 0.3) is 0 Å². The minimum Gasteiger partial charge on any atom is -0.444 e. The molecular formula is C22H24FN3O3S. The van der Waals surface area contributed by atoms with Gasteiger partial charge in [-0.15, -0.1) is 10.2 Å². The molecule has 30 heavy (non-hydrogen) atoms. The van der Waals surface area contributed by atoms with Crippen LogP contribution in [0.2, 0.25) is 0 Å². The van der Waals surface area contributed by atoms with Crippen molar-refractivity contribution in [2.24, 2.45) is 0 Å². The van der Waals surface area contributed by atoms with E-state index >= 15 is 0 Å². The third-order valence-corrected chi connectivity index (χ3v) is 4.86. The average Bonchev–Trinajstić information content (AvgIpc) is 3.15. The van der Waals surface area contributed by atoms with Gasteiger partial charge in [-0.1, -0.05) is 54.2 Å². The molecule has 1 amide bonds. The highest BCUT2D eigenvalue weighted by molar-refractivity contribution is 7.98. The molecule has 0 aliphatic heterocycles. The van der Waals surface area contributed by atoms with E-state index in [4.69, 9.17) is 9.15 Å². The van der Waals surface area contributed by atoms with Gasteiger partial charge in [0.2, 0.25) is 5.89 Å². The molecule has 0 aliphatic rings. The van der Waals surface area contributed by atoms with Gasteiger partial charge in [-0.05, 0) is 44.0 Å². The van der Waals surface area contributed by atoms with E-state index in [1.807, 2.05) is 30.3 Å². The summed E-state index contributed by atoms with van der Waals surface area (Å²) in [6.45, 7) is 5.40. The molecule has 0 radical (unpaired) electrons. The number of alkyl carbamates (subject to hydrolysis) is 1. The number of amides is 1. The van der Waals surface area contributed by atoms with Gasteiger partial charge in [0.15, 0.2) is 0 Å². The number of carbonyl (C=O) groups excluding carboxylic acids is 1. The van der Waals surface area contributed by atoms with Gasteiger partial charge in [0.1, 0.15) is 17.5 Å². The third-order valence-electron chi connectivity index (χ3n) is 3.97. The topological polar surface area (TPSA) is 77.2 Å². The van der Waals surface area contributed by atoms with Crippen LogP contribution in [0, 0.1) is 5.82 Å². The molecule has 1 aromatic heterocycles. The van der Waals surface area contributed by atoms with Crippen LogP contribution in [0.3, 0.4) is 0 Å². The molecule has 0 saturated heterocycles. The van der Waals surface area contributed by atoms with E-state index in [0.29, 0.717) is 23.3 Å². The summed E-state index contributed by atoms with van der Waals surface area (Å²) in [5, 5.41) is 11.4. The molecule has 0 bridgehead atoms. The molecule has 0 spiro atoms. The maximum atomic E-state index is 13.0. The number of hydrogen-bond acceptors (Lipinski definition) is 6. The molecule has 158 valence electrons. The standard InChI is InChI=1S/C22H24FN3O3S/c1-22(2,3)29-20(27)24-18(13-15-7-5-4-6-8-15)19-25-26-21(28-19)30-14-16-9-11-17(23)12-10-16/h4-12,18H,13-14H2,1-3H3,(H,24,27)/t18-/m1/s1. The van der Waals surface area contributed by atoms with Crippen molar-refractivity contribution in [1.82, 2.24) is 15.5 Å². The minimum atomic E-state index is -0.619. The number of nitrogens with zero attached hydrogens (tertiary/aromatic N) is 2. The second kappa shape index (κ2) is 9.75. The fraction of sp³-hybridized carbons (Fsp3) is 0.318. The zero-order chi connectivity index (χ0) is 21.6. The van der Waals surface area contributed by atoms with Crippen molar-refractivity contribution in [2.45, 2.75) is 49.8 Å². The predicted octanol–water partition coefficient (Wildman–Crippen LogP) is 5.31. The van der Waals surface area contributed by atoms with Crippen LogP contribution in [0.1, 0.15) is 43.8 Å². The van der Waals surface area contributed by atoms with Crippen molar-refractivity contribution >= 4 is 17.9 Å². The van der Waals surface area contributed by atoms with Crippen LogP contribution in [-0.4, -0.2) is 21.9 Å². The molecule has 1 atom stereocenters. The lowest BCUT2D eigenvalue weighted by Gasteiger charge is -2.22. The van der Waals surface area contributed by atoms with Gasteiger partial charge in [0.25, 0.3) is 5.22 Å². The van der Waals surface area contributed by atoms with Crippen LogP contribution >= 0.6 is 11.8 Å². The van der Waals surface area contributed by atoms with Crippen molar-refractivity contribution in [3.63, 3.8) is 0 Å². The summed E-state index contributed by atoms with van der Waals surface area (Å²) in [7, 11) is 0. The fourth-order valence-corrected chi connectivity index (χ4v) is 3.37. The first-order chi connectivity index (χ1) is 14.3. The van der Waals surface area contributed by atoms with Gasteiger partial charge >= 0.3 is 6.09 Å². The van der Waals surface area contributed by atoms with Gasteiger partial charge in [-0.2, -0.15) is 0 Å². The fourth-order valence-electron chi connectivity index (χ4n) is 2.64. The molecule has 3 rings (SSSR count). The Bertz CT molecular complexity index is 956. The Morgan fingerprint density at radius 3 is 2.47 bits per heavy atom. The lowest BCUT2D eigenvalue weighted by atomic mass is 10.1. The van der Waals surface area contributed by atoms with Crippen LogP contribution in [-0.2, 0) is 16.9 Å². The summed E-state index contributed by atoms with van der Waals surface area (Å²) in [5.74, 6) is 0.581. The summed E-state index contributed by atoms with van der Waals surface area (Å²) in [5.41, 5.74) is 1.33. The van der Waals surface area contributed by atoms with Gasteiger partial charge in [-0.25, -0.2) is 9.18 Å². The van der Waals surface area contributed by atoms with E-state index in [1.165, 1.54) is 23.9 Å². The quantitative estimate of drug-likeness (QED) is 0.513. The first-order valence-electron chi connectivity index (χ1n) is 9.52. The number of carbonyl (C=O) groups is 1. The summed E-state index contributed by atoms with van der Waals surface area (Å²) < 4.78 is 24.2. The molecule has 3 aromatic rings.